The van der Waals surface area contributed by atoms with E-state index in [9.17, 15) is 4.79 Å². The number of rotatable bonds is 3. The second kappa shape index (κ2) is 5.10. The Morgan fingerprint density at radius 1 is 1.31 bits per heavy atom. The quantitative estimate of drug-likeness (QED) is 0.564. The third-order valence-corrected chi connectivity index (χ3v) is 2.08. The van der Waals surface area contributed by atoms with E-state index >= 15 is 0 Å². The molecule has 0 unspecified atom stereocenters. The van der Waals surface area contributed by atoms with Gasteiger partial charge in [-0.25, -0.2) is 4.42 Å². The molecule has 1 aromatic carbocycles. The zero-order chi connectivity index (χ0) is 9.68. The molecule has 13 heavy (non-hydrogen) atoms. The smallest absolute Gasteiger partial charge is 0.242 e. The molecule has 0 saturated carbocycles. The van der Waals surface area contributed by atoms with Crippen LogP contribution in [0.1, 0.15) is 6.42 Å². The lowest BCUT2D eigenvalue weighted by Gasteiger charge is -2.12. The Morgan fingerprint density at radius 2 is 1.92 bits per heavy atom. The predicted octanol–water partition coefficient (Wildman–Crippen LogP) is 2.80. The van der Waals surface area contributed by atoms with E-state index in [-0.39, 0.29) is 18.2 Å². The van der Waals surface area contributed by atoms with Crippen molar-refractivity contribution in [3.8, 4) is 0 Å². The Labute approximate surface area is 87.2 Å². The highest BCUT2D eigenvalue weighted by atomic mass is 35.5. The first kappa shape index (κ1) is 10.4. The van der Waals surface area contributed by atoms with Gasteiger partial charge in [-0.15, -0.1) is 11.6 Å². The first-order chi connectivity index (χ1) is 6.25. The Bertz CT molecular complexity index is 276. The van der Waals surface area contributed by atoms with Crippen molar-refractivity contribution >= 4 is 35.0 Å². The van der Waals surface area contributed by atoms with Gasteiger partial charge in [-0.05, 0) is 12.1 Å². The minimum absolute atomic E-state index is 0.192. The van der Waals surface area contributed by atoms with Crippen molar-refractivity contribution in [1.82, 2.24) is 0 Å². The molecule has 0 aliphatic rings. The van der Waals surface area contributed by atoms with Gasteiger partial charge in [-0.3, -0.25) is 4.79 Å². The molecule has 0 atom stereocenters. The first-order valence-corrected chi connectivity index (χ1v) is 4.72. The minimum atomic E-state index is -0.192. The first-order valence-electron chi connectivity index (χ1n) is 3.85. The van der Waals surface area contributed by atoms with E-state index in [0.29, 0.717) is 5.69 Å². The largest absolute Gasteiger partial charge is 0.273 e. The predicted molar refractivity (Wildman–Crippen MR) is 55.1 cm³/mol. The fraction of sp³-hybridized carbons (Fsp3) is 0.222. The number of carbonyl (C=O) groups is 1. The van der Waals surface area contributed by atoms with Crippen LogP contribution in [0.15, 0.2) is 30.3 Å². The number of carbonyl (C=O) groups excluding carboxylic acids is 1. The summed E-state index contributed by atoms with van der Waals surface area (Å²) < 4.78 is 1.09. The monoisotopic (exact) mass is 217 g/mol. The maximum Gasteiger partial charge on any atom is 0.242 e. The molecular weight excluding hydrogens is 209 g/mol. The molecule has 0 N–H and O–H groups in total. The van der Waals surface area contributed by atoms with Gasteiger partial charge in [0.05, 0.1) is 5.69 Å². The summed E-state index contributed by atoms with van der Waals surface area (Å²) in [6.07, 6.45) is 0.250. The highest BCUT2D eigenvalue weighted by molar-refractivity contribution is 6.37. The van der Waals surface area contributed by atoms with Crippen molar-refractivity contribution in [2.75, 3.05) is 10.3 Å². The van der Waals surface area contributed by atoms with Crippen LogP contribution in [0.3, 0.4) is 0 Å². The second-order valence-electron chi connectivity index (χ2n) is 2.45. The molecule has 1 aromatic rings. The molecule has 0 aromatic heterocycles. The maximum absolute atomic E-state index is 11.3. The van der Waals surface area contributed by atoms with Crippen LogP contribution in [-0.2, 0) is 4.79 Å². The van der Waals surface area contributed by atoms with Crippen LogP contribution >= 0.6 is 23.4 Å². The normalized spacial score (nSPS) is 9.69. The standard InChI is InChI=1S/C9H9Cl2NO/c10-7-6-9(13)12(11)8-4-2-1-3-5-8/h1-5H,6-7H2. The summed E-state index contributed by atoms with van der Waals surface area (Å²) in [5.74, 6) is 0.0948. The van der Waals surface area contributed by atoms with Crippen molar-refractivity contribution < 1.29 is 4.79 Å². The van der Waals surface area contributed by atoms with Crippen molar-refractivity contribution in [2.24, 2.45) is 0 Å². The molecule has 70 valence electrons. The summed E-state index contributed by atoms with van der Waals surface area (Å²) in [4.78, 5) is 11.3. The molecule has 0 fully saturated rings. The molecule has 0 radical (unpaired) electrons. The number of alkyl halides is 1. The van der Waals surface area contributed by atoms with Gasteiger partial charge in [-0.1, -0.05) is 18.2 Å². The van der Waals surface area contributed by atoms with Gasteiger partial charge in [0.1, 0.15) is 0 Å². The molecule has 2 nitrogen and oxygen atoms in total. The Kier molecular flexibility index (Phi) is 4.06. The Morgan fingerprint density at radius 3 is 2.46 bits per heavy atom. The summed E-state index contributed by atoms with van der Waals surface area (Å²) >= 11 is 11.2. The lowest BCUT2D eigenvalue weighted by Crippen LogP contribution is -2.20. The average molecular weight is 218 g/mol. The summed E-state index contributed by atoms with van der Waals surface area (Å²) in [5.41, 5.74) is 0.666. The topological polar surface area (TPSA) is 20.3 Å². The van der Waals surface area contributed by atoms with Gasteiger partial charge in [0.15, 0.2) is 0 Å². The highest BCUT2D eigenvalue weighted by Crippen LogP contribution is 2.16. The number of benzene rings is 1. The molecule has 1 rings (SSSR count). The third-order valence-electron chi connectivity index (χ3n) is 1.51. The lowest BCUT2D eigenvalue weighted by atomic mass is 10.3. The van der Waals surface area contributed by atoms with Gasteiger partial charge < -0.3 is 0 Å². The van der Waals surface area contributed by atoms with Gasteiger partial charge >= 0.3 is 0 Å². The van der Waals surface area contributed by atoms with Crippen LogP contribution in [0.25, 0.3) is 0 Å². The molecule has 0 aliphatic heterocycles. The minimum Gasteiger partial charge on any atom is -0.273 e. The molecule has 0 saturated heterocycles. The van der Waals surface area contributed by atoms with Gasteiger partial charge in [0.2, 0.25) is 5.91 Å². The van der Waals surface area contributed by atoms with Crippen molar-refractivity contribution in [2.45, 2.75) is 6.42 Å². The number of anilines is 1. The summed E-state index contributed by atoms with van der Waals surface area (Å²) in [6.45, 7) is 0. The van der Waals surface area contributed by atoms with Crippen LogP contribution in [0.5, 0.6) is 0 Å². The fourth-order valence-corrected chi connectivity index (χ4v) is 1.24. The third kappa shape index (κ3) is 2.90. The van der Waals surface area contributed by atoms with E-state index in [4.69, 9.17) is 23.4 Å². The number of halogens is 2. The SMILES string of the molecule is O=C(CCCl)N(Cl)c1ccccc1. The van der Waals surface area contributed by atoms with Crippen LogP contribution in [0, 0.1) is 0 Å². The Balaban J connectivity index is 2.68. The highest BCUT2D eigenvalue weighted by Gasteiger charge is 2.11. The maximum atomic E-state index is 11.3. The molecular formula is C9H9Cl2NO. The van der Waals surface area contributed by atoms with E-state index in [2.05, 4.69) is 0 Å². The van der Waals surface area contributed by atoms with E-state index in [0.717, 1.165) is 4.42 Å². The van der Waals surface area contributed by atoms with E-state index < -0.39 is 0 Å². The molecule has 0 heterocycles. The zero-order valence-corrected chi connectivity index (χ0v) is 8.42. The number of nitrogens with zero attached hydrogens (tertiary/aromatic N) is 1. The van der Waals surface area contributed by atoms with Crippen LogP contribution in [-0.4, -0.2) is 11.8 Å². The Hall–Kier alpha value is -0.730. The van der Waals surface area contributed by atoms with Crippen LogP contribution in [0.2, 0.25) is 0 Å². The number of hydrogen-bond acceptors (Lipinski definition) is 1. The summed E-state index contributed by atoms with van der Waals surface area (Å²) in [6, 6.07) is 9.02. The molecule has 0 bridgehead atoms. The lowest BCUT2D eigenvalue weighted by molar-refractivity contribution is -0.117. The molecule has 4 heteroatoms. The number of para-hydroxylation sites is 1. The molecule has 0 spiro atoms. The average Bonchev–Trinajstić information content (AvgIpc) is 2.18. The summed E-state index contributed by atoms with van der Waals surface area (Å²) in [7, 11) is 0. The molecule has 1 amide bonds. The van der Waals surface area contributed by atoms with Crippen molar-refractivity contribution in [1.29, 1.82) is 0 Å². The van der Waals surface area contributed by atoms with Crippen LogP contribution in [0.4, 0.5) is 5.69 Å². The summed E-state index contributed by atoms with van der Waals surface area (Å²) in [5, 5.41) is 0. The fourth-order valence-electron chi connectivity index (χ4n) is 0.882. The van der Waals surface area contributed by atoms with Gasteiger partial charge in [0, 0.05) is 24.1 Å². The van der Waals surface area contributed by atoms with Gasteiger partial charge in [-0.2, -0.15) is 0 Å². The van der Waals surface area contributed by atoms with Crippen molar-refractivity contribution in [3.05, 3.63) is 30.3 Å². The number of amides is 1. The zero-order valence-electron chi connectivity index (χ0n) is 6.91. The second-order valence-corrected chi connectivity index (χ2v) is 3.17. The van der Waals surface area contributed by atoms with E-state index in [1.807, 2.05) is 18.2 Å². The molecule has 0 aliphatic carbocycles. The van der Waals surface area contributed by atoms with E-state index in [1.54, 1.807) is 12.1 Å². The van der Waals surface area contributed by atoms with Crippen molar-refractivity contribution in [3.63, 3.8) is 0 Å². The van der Waals surface area contributed by atoms with Gasteiger partial charge in [0.25, 0.3) is 0 Å². The van der Waals surface area contributed by atoms with E-state index in [1.165, 1.54) is 0 Å². The van der Waals surface area contributed by atoms with Crippen LogP contribution < -0.4 is 4.42 Å². The number of hydrogen-bond donors (Lipinski definition) is 0.